The van der Waals surface area contributed by atoms with Gasteiger partial charge in [-0.2, -0.15) is 0 Å². The second-order valence-electron chi connectivity index (χ2n) is 17.0. The lowest BCUT2D eigenvalue weighted by molar-refractivity contribution is -0.138. The summed E-state index contributed by atoms with van der Waals surface area (Å²) < 4.78 is 5.55. The van der Waals surface area contributed by atoms with Gasteiger partial charge in [0.2, 0.25) is 41.4 Å². The van der Waals surface area contributed by atoms with Crippen molar-refractivity contribution in [3.05, 3.63) is 112 Å². The van der Waals surface area contributed by atoms with Crippen molar-refractivity contribution in [2.24, 2.45) is 0 Å². The number of fused-ring (bicyclic) bond motifs is 1. The summed E-state index contributed by atoms with van der Waals surface area (Å²) in [4.78, 5) is 139. The smallest absolute Gasteiger partial charge is 0.319 e. The molecule has 3 aliphatic heterocycles. The summed E-state index contributed by atoms with van der Waals surface area (Å²) in [5.74, 6) is -4.78. The maximum Gasteiger partial charge on any atom is 0.319 e. The van der Waals surface area contributed by atoms with E-state index in [1.165, 1.54) is 17.1 Å². The van der Waals surface area contributed by atoms with Crippen molar-refractivity contribution in [1.82, 2.24) is 47.0 Å². The fourth-order valence-corrected chi connectivity index (χ4v) is 8.13. The molecular formula is C49H55ClN10O12. The molecule has 12 amide bonds. The van der Waals surface area contributed by atoms with E-state index in [1.807, 2.05) is 0 Å². The normalized spacial score (nSPS) is 15.3. The molecule has 22 nitrogen and oxygen atoms in total. The van der Waals surface area contributed by atoms with Crippen LogP contribution in [0.25, 0.3) is 0 Å². The Balaban J connectivity index is 0.837. The van der Waals surface area contributed by atoms with E-state index in [1.54, 1.807) is 66.7 Å². The molecule has 23 heteroatoms. The number of benzene rings is 3. The molecule has 1 fully saturated rings. The van der Waals surface area contributed by atoms with E-state index in [4.69, 9.17) is 16.3 Å². The van der Waals surface area contributed by atoms with Crippen LogP contribution in [0.4, 0.5) is 10.5 Å². The lowest BCUT2D eigenvalue weighted by Gasteiger charge is -2.29. The Bertz CT molecular complexity index is 2590. The number of urea groups is 1. The maximum atomic E-state index is 13.2. The highest BCUT2D eigenvalue weighted by Crippen LogP contribution is 2.28. The number of unbranched alkanes of at least 4 members (excludes halogenated alkanes) is 2. The minimum absolute atomic E-state index is 0.0826. The zero-order chi connectivity index (χ0) is 51.6. The van der Waals surface area contributed by atoms with Gasteiger partial charge in [0.05, 0.1) is 26.2 Å². The molecule has 3 aromatic carbocycles. The molecular weight excluding hydrogens is 956 g/mol. The molecule has 8 N–H and O–H groups in total. The van der Waals surface area contributed by atoms with Crippen LogP contribution in [0.1, 0.15) is 71.1 Å². The standard InChI is InChI=1S/C49H55ClN10O12/c50-36-23-34(56-49(71)54-24-31-10-13-35-33(21-31)28-60(48(35)70)38-14-15-40(62)58-47(38)69)12-11-32(36)18-20-72-29-55-42(64)26-53-46(68)37(22-30-7-3-1-4-8-30)57-43(65)27-52-41(63)25-51-39(61)9-5-2-6-19-59-44(66)16-17-45(59)67/h1,3-4,7-8,10-13,16-17,21,23,37-38H,2,5-6,9,14-15,18-20,22,24-29H2,(H,51,61)(H,52,63)(H,53,68)(H,55,64)(H,57,65)(H2,54,56,71)(H,58,62,69). The average molecular weight is 1010 g/mol. The lowest BCUT2D eigenvalue weighted by Crippen LogP contribution is -2.52. The molecule has 0 saturated carbocycles. The van der Waals surface area contributed by atoms with Gasteiger partial charge in [-0.05, 0) is 66.1 Å². The van der Waals surface area contributed by atoms with E-state index in [-0.39, 0.29) is 94.7 Å². The minimum Gasteiger partial charge on any atom is -0.361 e. The van der Waals surface area contributed by atoms with E-state index in [9.17, 15) is 52.7 Å². The number of ether oxygens (including phenoxy) is 1. The van der Waals surface area contributed by atoms with Crippen molar-refractivity contribution in [3.8, 4) is 0 Å². The number of piperidine rings is 1. The van der Waals surface area contributed by atoms with Gasteiger partial charge in [-0.1, -0.05) is 66.6 Å². The summed E-state index contributed by atoms with van der Waals surface area (Å²) in [5.41, 5.74) is 3.79. The van der Waals surface area contributed by atoms with Crippen molar-refractivity contribution in [2.45, 2.75) is 76.5 Å². The van der Waals surface area contributed by atoms with Gasteiger partial charge < -0.3 is 46.9 Å². The van der Waals surface area contributed by atoms with Crippen LogP contribution in [0.5, 0.6) is 0 Å². The van der Waals surface area contributed by atoms with Crippen molar-refractivity contribution in [3.63, 3.8) is 0 Å². The van der Waals surface area contributed by atoms with Crippen LogP contribution in [-0.4, -0.2) is 127 Å². The van der Waals surface area contributed by atoms with Crippen molar-refractivity contribution in [1.29, 1.82) is 0 Å². The summed E-state index contributed by atoms with van der Waals surface area (Å²) in [6, 6.07) is 16.7. The molecule has 2 atom stereocenters. The third-order valence-electron chi connectivity index (χ3n) is 11.7. The number of imide groups is 2. The summed E-state index contributed by atoms with van der Waals surface area (Å²) in [5, 5.41) is 20.6. The Labute approximate surface area is 418 Å². The molecule has 2 unspecified atom stereocenters. The predicted octanol–water partition coefficient (Wildman–Crippen LogP) is 0.617. The molecule has 3 aliphatic rings. The van der Waals surface area contributed by atoms with Crippen LogP contribution in [0, 0.1) is 0 Å². The Kier molecular flexibility index (Phi) is 19.5. The molecule has 3 aromatic rings. The number of rotatable bonds is 25. The molecule has 0 aliphatic carbocycles. The summed E-state index contributed by atoms with van der Waals surface area (Å²) in [6.07, 6.45) is 5.00. The number of nitrogens with zero attached hydrogens (tertiary/aromatic N) is 2. The molecule has 0 spiro atoms. The van der Waals surface area contributed by atoms with Crippen LogP contribution in [0.2, 0.25) is 5.02 Å². The minimum atomic E-state index is -1.10. The van der Waals surface area contributed by atoms with Gasteiger partial charge in [-0.15, -0.1) is 0 Å². The van der Waals surface area contributed by atoms with E-state index in [0.29, 0.717) is 47.5 Å². The zero-order valence-corrected chi connectivity index (χ0v) is 39.9. The number of carbonyl (C=O) groups excluding carboxylic acids is 11. The van der Waals surface area contributed by atoms with Gasteiger partial charge in [-0.3, -0.25) is 58.2 Å². The molecule has 6 rings (SSSR count). The summed E-state index contributed by atoms with van der Waals surface area (Å²) in [6.45, 7) is -0.687. The van der Waals surface area contributed by atoms with Gasteiger partial charge in [0.1, 0.15) is 18.8 Å². The first kappa shape index (κ1) is 53.4. The lowest BCUT2D eigenvalue weighted by atomic mass is 10.0. The monoisotopic (exact) mass is 1010 g/mol. The van der Waals surface area contributed by atoms with E-state index in [2.05, 4.69) is 42.5 Å². The maximum absolute atomic E-state index is 13.2. The SMILES string of the molecule is O=C(CCCCCN1C(=O)C=CC1=O)NCC(=O)NCC(=O)NC(Cc1ccccc1)C(=O)NCC(=O)NCOCCc1ccc(NC(=O)NCc2ccc3c(c2)CN(C2CCC(=O)NC2=O)C3=O)cc1Cl. The highest BCUT2D eigenvalue weighted by Gasteiger charge is 2.39. The number of carbonyl (C=O) groups is 11. The topological polar surface area (TPSA) is 300 Å². The Morgan fingerprint density at radius 3 is 2.22 bits per heavy atom. The van der Waals surface area contributed by atoms with Crippen LogP contribution in [-0.2, 0) is 73.8 Å². The third kappa shape index (κ3) is 16.0. The van der Waals surface area contributed by atoms with E-state index < -0.39 is 60.7 Å². The highest BCUT2D eigenvalue weighted by molar-refractivity contribution is 6.31. The van der Waals surface area contributed by atoms with Gasteiger partial charge in [0.15, 0.2) is 0 Å². The number of anilines is 1. The van der Waals surface area contributed by atoms with Crippen LogP contribution in [0.15, 0.2) is 78.9 Å². The number of nitrogens with one attached hydrogen (secondary N) is 8. The number of amides is 12. The number of hydrogen-bond acceptors (Lipinski definition) is 12. The Hall–Kier alpha value is -7.98. The quantitative estimate of drug-likeness (QED) is 0.0329. The zero-order valence-electron chi connectivity index (χ0n) is 39.1. The fraction of sp³-hybridized carbons (Fsp3) is 0.367. The molecule has 0 bridgehead atoms. The second kappa shape index (κ2) is 26.3. The van der Waals surface area contributed by atoms with E-state index in [0.717, 1.165) is 21.6 Å². The fourth-order valence-electron chi connectivity index (χ4n) is 7.86. The molecule has 1 saturated heterocycles. The first-order valence-corrected chi connectivity index (χ1v) is 23.6. The first-order chi connectivity index (χ1) is 34.6. The van der Waals surface area contributed by atoms with Gasteiger partial charge in [0.25, 0.3) is 17.7 Å². The van der Waals surface area contributed by atoms with Gasteiger partial charge in [0, 0.05) is 67.3 Å². The average Bonchev–Trinajstić information content (AvgIpc) is 3.86. The van der Waals surface area contributed by atoms with Crippen LogP contribution < -0.4 is 42.5 Å². The van der Waals surface area contributed by atoms with E-state index >= 15 is 0 Å². The van der Waals surface area contributed by atoms with Crippen LogP contribution >= 0.6 is 11.6 Å². The number of hydrogen-bond donors (Lipinski definition) is 8. The Morgan fingerprint density at radius 1 is 0.750 bits per heavy atom. The molecule has 0 aromatic heterocycles. The molecule has 0 radical (unpaired) electrons. The summed E-state index contributed by atoms with van der Waals surface area (Å²) >= 11 is 6.49. The first-order valence-electron chi connectivity index (χ1n) is 23.3. The van der Waals surface area contributed by atoms with Gasteiger partial charge in [-0.25, -0.2) is 4.79 Å². The molecule has 380 valence electrons. The summed E-state index contributed by atoms with van der Waals surface area (Å²) in [7, 11) is 0. The van der Waals surface area contributed by atoms with Crippen LogP contribution in [0.3, 0.4) is 0 Å². The molecule has 3 heterocycles. The van der Waals surface area contributed by atoms with Crippen molar-refractivity contribution < 1.29 is 57.5 Å². The highest BCUT2D eigenvalue weighted by atomic mass is 35.5. The van der Waals surface area contributed by atoms with Gasteiger partial charge >= 0.3 is 6.03 Å². The second-order valence-corrected chi connectivity index (χ2v) is 17.4. The van der Waals surface area contributed by atoms with Crippen molar-refractivity contribution >= 4 is 82.4 Å². The van der Waals surface area contributed by atoms with Crippen molar-refractivity contribution in [2.75, 3.05) is 44.8 Å². The number of halogens is 1. The predicted molar refractivity (Wildman–Crippen MR) is 258 cm³/mol. The molecule has 72 heavy (non-hydrogen) atoms. The third-order valence-corrected chi connectivity index (χ3v) is 12.0. The largest absolute Gasteiger partial charge is 0.361 e. The Morgan fingerprint density at radius 2 is 1.47 bits per heavy atom.